The number of piperazine rings is 1. The highest BCUT2D eigenvalue weighted by molar-refractivity contribution is 6.37. The van der Waals surface area contributed by atoms with Crippen LogP contribution < -0.4 is 21.4 Å². The van der Waals surface area contributed by atoms with Crippen molar-refractivity contribution in [3.63, 3.8) is 0 Å². The van der Waals surface area contributed by atoms with Crippen molar-refractivity contribution < 1.29 is 29.1 Å². The number of rotatable bonds is 11. The molecule has 2 aliphatic heterocycles. The number of benzene rings is 3. The Morgan fingerprint density at radius 1 is 0.886 bits per heavy atom. The van der Waals surface area contributed by atoms with Crippen LogP contribution in [0.2, 0.25) is 0 Å². The number of hydrogen-bond acceptors (Lipinski definition) is 8. The Kier molecular flexibility index (Phi) is 9.65. The fourth-order valence-electron chi connectivity index (χ4n) is 5.09. The molecule has 0 saturated carbocycles. The molecule has 0 radical (unpaired) electrons. The summed E-state index contributed by atoms with van der Waals surface area (Å²) in [6.07, 6.45) is 0. The third-order valence-electron chi connectivity index (χ3n) is 7.53. The van der Waals surface area contributed by atoms with Crippen molar-refractivity contribution in [3.8, 4) is 0 Å². The van der Waals surface area contributed by atoms with E-state index in [-0.39, 0.29) is 23.3 Å². The number of hydroxylamine groups is 1. The van der Waals surface area contributed by atoms with Gasteiger partial charge in [-0.15, -0.1) is 0 Å². The van der Waals surface area contributed by atoms with Gasteiger partial charge in [0.1, 0.15) is 0 Å². The summed E-state index contributed by atoms with van der Waals surface area (Å²) in [6.45, 7) is 4.61. The second-order valence-electron chi connectivity index (χ2n) is 10.4. The molecule has 3 aromatic carbocycles. The van der Waals surface area contributed by atoms with E-state index >= 15 is 0 Å². The number of carbonyl (C=O) groups is 4. The number of amides is 3. The molecular weight excluding hydrogens is 564 g/mol. The van der Waals surface area contributed by atoms with Crippen LogP contribution in [-0.2, 0) is 14.4 Å². The van der Waals surface area contributed by atoms with Crippen LogP contribution in [0.4, 0.5) is 11.4 Å². The Hall–Kier alpha value is -5.04. The summed E-state index contributed by atoms with van der Waals surface area (Å²) in [5, 5.41) is 18.1. The second-order valence-corrected chi connectivity index (χ2v) is 10.4. The van der Waals surface area contributed by atoms with E-state index in [0.29, 0.717) is 53.5 Å². The fraction of sp³-hybridized carbons (Fsp3) is 0.250. The van der Waals surface area contributed by atoms with Crippen LogP contribution >= 0.6 is 0 Å². The van der Waals surface area contributed by atoms with Crippen molar-refractivity contribution in [2.45, 2.75) is 0 Å². The molecule has 0 bridgehead atoms. The topological polar surface area (TPSA) is 152 Å². The van der Waals surface area contributed by atoms with Crippen LogP contribution in [-0.4, -0.2) is 91.5 Å². The lowest BCUT2D eigenvalue weighted by Gasteiger charge is -2.33. The van der Waals surface area contributed by atoms with E-state index in [0.717, 1.165) is 31.7 Å². The summed E-state index contributed by atoms with van der Waals surface area (Å²) in [6, 6.07) is 20.6. The van der Waals surface area contributed by atoms with Crippen molar-refractivity contribution >= 4 is 46.3 Å². The number of carboxylic acids is 1. The quantitative estimate of drug-likeness (QED) is 0.127. The van der Waals surface area contributed by atoms with E-state index in [1.807, 2.05) is 30.3 Å². The van der Waals surface area contributed by atoms with Gasteiger partial charge in [0.15, 0.2) is 0 Å². The van der Waals surface area contributed by atoms with Crippen molar-refractivity contribution in [3.05, 3.63) is 95.1 Å². The number of fused-ring (bicyclic) bond motifs is 1. The summed E-state index contributed by atoms with van der Waals surface area (Å²) in [5.41, 5.74) is 6.31. The number of carbonyl (C=O) groups excluding carboxylic acids is 3. The van der Waals surface area contributed by atoms with Crippen LogP contribution in [0.3, 0.4) is 0 Å². The zero-order chi connectivity index (χ0) is 31.1. The lowest BCUT2D eigenvalue weighted by molar-refractivity contribution is -0.122. The molecule has 5 rings (SSSR count). The SMILES string of the molecule is CNC(=O)CN1CCN(CCONC(=O)c2ccc(NC(=C3C(=O)Nc4cc(C(=O)O)ccc43)c3ccccc3)cc2)CC1. The maximum absolute atomic E-state index is 13.1. The first-order chi connectivity index (χ1) is 21.3. The number of likely N-dealkylation sites (N-methyl/N-ethyl adjacent to an activating group) is 1. The maximum Gasteiger partial charge on any atom is 0.335 e. The van der Waals surface area contributed by atoms with E-state index in [1.165, 1.54) is 12.1 Å². The zero-order valence-corrected chi connectivity index (χ0v) is 24.3. The van der Waals surface area contributed by atoms with Crippen LogP contribution in [0.5, 0.6) is 0 Å². The van der Waals surface area contributed by atoms with E-state index < -0.39 is 5.97 Å². The average molecular weight is 599 g/mol. The number of nitrogens with one attached hydrogen (secondary N) is 4. The van der Waals surface area contributed by atoms with Crippen molar-refractivity contribution in [2.24, 2.45) is 0 Å². The standard InChI is InChI=1S/C32H34N6O6/c1-33-27(39)20-38-15-13-37(14-16-38)17-18-44-36-30(40)22-7-10-24(11-8-22)34-29(21-5-3-2-4-6-21)28-25-12-9-23(32(42)43)19-26(25)35-31(28)41/h2-12,19,34H,13-18,20H2,1H3,(H,33,39)(H,35,41)(H,36,40)(H,42,43). The highest BCUT2D eigenvalue weighted by Gasteiger charge is 2.29. The zero-order valence-electron chi connectivity index (χ0n) is 24.3. The Morgan fingerprint density at radius 3 is 2.25 bits per heavy atom. The predicted molar refractivity (Wildman–Crippen MR) is 166 cm³/mol. The second kappa shape index (κ2) is 14.0. The van der Waals surface area contributed by atoms with E-state index in [4.69, 9.17) is 4.84 Å². The van der Waals surface area contributed by atoms with Gasteiger partial charge >= 0.3 is 5.97 Å². The molecule has 0 aromatic heterocycles. The largest absolute Gasteiger partial charge is 0.478 e. The highest BCUT2D eigenvalue weighted by Crippen LogP contribution is 2.38. The minimum absolute atomic E-state index is 0.00609. The summed E-state index contributed by atoms with van der Waals surface area (Å²) in [4.78, 5) is 58.5. The van der Waals surface area contributed by atoms with Gasteiger partial charge in [0.2, 0.25) is 5.91 Å². The van der Waals surface area contributed by atoms with Gasteiger partial charge in [-0.25, -0.2) is 10.3 Å². The van der Waals surface area contributed by atoms with Gasteiger partial charge in [-0.1, -0.05) is 36.4 Å². The first-order valence-corrected chi connectivity index (χ1v) is 14.3. The Balaban J connectivity index is 1.20. The minimum Gasteiger partial charge on any atom is -0.478 e. The molecule has 0 atom stereocenters. The van der Waals surface area contributed by atoms with Crippen LogP contribution in [0.15, 0.2) is 72.8 Å². The molecule has 1 saturated heterocycles. The molecule has 0 unspecified atom stereocenters. The summed E-state index contributed by atoms with van der Waals surface area (Å²) >= 11 is 0. The van der Waals surface area contributed by atoms with Crippen molar-refractivity contribution in [1.29, 1.82) is 0 Å². The van der Waals surface area contributed by atoms with Crippen LogP contribution in [0.1, 0.15) is 31.8 Å². The summed E-state index contributed by atoms with van der Waals surface area (Å²) in [5.74, 6) is -1.81. The predicted octanol–water partition coefficient (Wildman–Crippen LogP) is 2.34. The third-order valence-corrected chi connectivity index (χ3v) is 7.53. The number of aromatic carboxylic acids is 1. The van der Waals surface area contributed by atoms with E-state index in [1.54, 1.807) is 37.4 Å². The minimum atomic E-state index is -1.08. The molecule has 3 amide bonds. The third kappa shape index (κ3) is 7.29. The first-order valence-electron chi connectivity index (χ1n) is 14.3. The Bertz CT molecular complexity index is 1570. The number of carboxylic acid groups (broad SMARTS) is 1. The van der Waals surface area contributed by atoms with Gasteiger partial charge in [0, 0.05) is 56.6 Å². The molecule has 0 aliphatic carbocycles. The normalized spacial score (nSPS) is 16.1. The Morgan fingerprint density at radius 2 is 1.57 bits per heavy atom. The fourth-order valence-corrected chi connectivity index (χ4v) is 5.09. The molecule has 1 fully saturated rings. The van der Waals surface area contributed by atoms with Gasteiger partial charge in [0.25, 0.3) is 11.8 Å². The van der Waals surface area contributed by atoms with Crippen LogP contribution in [0.25, 0.3) is 11.3 Å². The van der Waals surface area contributed by atoms with Crippen molar-refractivity contribution in [2.75, 3.05) is 63.6 Å². The maximum atomic E-state index is 13.1. The number of anilines is 2. The van der Waals surface area contributed by atoms with Gasteiger partial charge < -0.3 is 21.1 Å². The monoisotopic (exact) mass is 598 g/mol. The number of hydrogen-bond donors (Lipinski definition) is 5. The highest BCUT2D eigenvalue weighted by atomic mass is 16.7. The lowest BCUT2D eigenvalue weighted by atomic mass is 9.99. The average Bonchev–Trinajstić information content (AvgIpc) is 3.37. The van der Waals surface area contributed by atoms with Gasteiger partial charge in [-0.3, -0.25) is 29.0 Å². The molecule has 0 spiro atoms. The smallest absolute Gasteiger partial charge is 0.335 e. The molecule has 12 nitrogen and oxygen atoms in total. The molecule has 3 aromatic rings. The summed E-state index contributed by atoms with van der Waals surface area (Å²) < 4.78 is 0. The first kappa shape index (κ1) is 30.4. The molecule has 12 heteroatoms. The van der Waals surface area contributed by atoms with Crippen molar-refractivity contribution in [1.82, 2.24) is 20.6 Å². The summed E-state index contributed by atoms with van der Waals surface area (Å²) in [7, 11) is 1.63. The van der Waals surface area contributed by atoms with Gasteiger partial charge in [-0.2, -0.15) is 0 Å². The van der Waals surface area contributed by atoms with Gasteiger partial charge in [-0.05, 0) is 42.0 Å². The van der Waals surface area contributed by atoms with Gasteiger partial charge in [0.05, 0.1) is 35.7 Å². The van der Waals surface area contributed by atoms with E-state index in [2.05, 4.69) is 31.2 Å². The number of nitrogens with zero attached hydrogens (tertiary/aromatic N) is 2. The molecule has 5 N–H and O–H groups in total. The molecule has 2 heterocycles. The molecule has 228 valence electrons. The molecule has 2 aliphatic rings. The molecule has 44 heavy (non-hydrogen) atoms. The Labute approximate surface area is 254 Å². The van der Waals surface area contributed by atoms with E-state index in [9.17, 15) is 24.3 Å². The lowest BCUT2D eigenvalue weighted by Crippen LogP contribution is -2.50. The molecular formula is C32H34N6O6. The van der Waals surface area contributed by atoms with Crippen LogP contribution in [0, 0.1) is 0 Å².